The van der Waals surface area contributed by atoms with E-state index >= 15 is 0 Å². The van der Waals surface area contributed by atoms with Gasteiger partial charge in [-0.15, -0.1) is 0 Å². The van der Waals surface area contributed by atoms with Crippen LogP contribution in [-0.4, -0.2) is 23.1 Å². The molecule has 2 aromatic rings. The van der Waals surface area contributed by atoms with Crippen LogP contribution in [0.25, 0.3) is 11.0 Å². The second kappa shape index (κ2) is 5.51. The highest BCUT2D eigenvalue weighted by Gasteiger charge is 1.99. The maximum atomic E-state index is 5.43. The van der Waals surface area contributed by atoms with E-state index in [0.717, 1.165) is 42.9 Å². The lowest BCUT2D eigenvalue weighted by Gasteiger charge is -2.01. The molecule has 0 aliphatic heterocycles. The summed E-state index contributed by atoms with van der Waals surface area (Å²) in [6.07, 6.45) is 3.40. The molecule has 0 radical (unpaired) electrons. The molecule has 86 valence electrons. The topological polar surface area (TPSA) is 66.7 Å². The Kier molecular flexibility index (Phi) is 3.77. The van der Waals surface area contributed by atoms with Crippen LogP contribution in [0.2, 0.25) is 0 Å². The summed E-state index contributed by atoms with van der Waals surface area (Å²) >= 11 is 0. The summed E-state index contributed by atoms with van der Waals surface area (Å²) in [4.78, 5) is 7.68. The van der Waals surface area contributed by atoms with E-state index in [4.69, 9.17) is 5.73 Å². The third kappa shape index (κ3) is 2.73. The first-order valence-electron chi connectivity index (χ1n) is 5.79. The summed E-state index contributed by atoms with van der Waals surface area (Å²) in [5.74, 6) is 0.856. The van der Waals surface area contributed by atoms with Crippen molar-refractivity contribution < 1.29 is 0 Å². The lowest BCUT2D eigenvalue weighted by Crippen LogP contribution is -2.04. The van der Waals surface area contributed by atoms with Crippen LogP contribution in [0.4, 0.5) is 5.95 Å². The molecule has 0 bridgehead atoms. The first-order chi connectivity index (χ1) is 7.90. The van der Waals surface area contributed by atoms with Gasteiger partial charge in [-0.3, -0.25) is 0 Å². The molecular formula is C12H18N4. The largest absolute Gasteiger partial charge is 0.356 e. The number of benzene rings is 1. The molecule has 16 heavy (non-hydrogen) atoms. The van der Waals surface area contributed by atoms with Crippen molar-refractivity contribution in [2.24, 2.45) is 5.73 Å². The molecule has 4 heteroatoms. The molecule has 0 aliphatic rings. The van der Waals surface area contributed by atoms with Crippen LogP contribution in [-0.2, 0) is 0 Å². The molecule has 4 N–H and O–H groups in total. The van der Waals surface area contributed by atoms with E-state index in [1.54, 1.807) is 0 Å². The predicted molar refractivity (Wildman–Crippen MR) is 67.5 cm³/mol. The van der Waals surface area contributed by atoms with E-state index in [2.05, 4.69) is 15.3 Å². The standard InChI is InChI=1S/C12H18N4/c13-8-4-1-5-9-14-12-15-10-6-2-3-7-11(10)16-12/h2-3,6-7H,1,4-5,8-9,13H2,(H2,14,15,16). The molecule has 0 fully saturated rings. The number of nitrogens with two attached hydrogens (primary N) is 1. The highest BCUT2D eigenvalue weighted by molar-refractivity contribution is 5.77. The van der Waals surface area contributed by atoms with Gasteiger partial charge in [0.15, 0.2) is 0 Å². The van der Waals surface area contributed by atoms with Crippen LogP contribution in [0.1, 0.15) is 19.3 Å². The van der Waals surface area contributed by atoms with Gasteiger partial charge in [0.2, 0.25) is 5.95 Å². The van der Waals surface area contributed by atoms with Crippen LogP contribution in [0, 0.1) is 0 Å². The molecule has 0 aliphatic carbocycles. The van der Waals surface area contributed by atoms with Crippen molar-refractivity contribution in [1.82, 2.24) is 9.97 Å². The molecule has 1 aromatic carbocycles. The summed E-state index contributed by atoms with van der Waals surface area (Å²) in [7, 11) is 0. The molecule has 0 saturated carbocycles. The molecule has 2 rings (SSSR count). The molecule has 0 atom stereocenters. The number of aromatic amines is 1. The Bertz CT molecular complexity index is 402. The van der Waals surface area contributed by atoms with Gasteiger partial charge in [-0.2, -0.15) is 0 Å². The summed E-state index contributed by atoms with van der Waals surface area (Å²) in [6.45, 7) is 1.73. The van der Waals surface area contributed by atoms with Crippen molar-refractivity contribution >= 4 is 17.0 Å². The SMILES string of the molecule is NCCCCCNc1nc2ccccc2[nH]1. The highest BCUT2D eigenvalue weighted by atomic mass is 15.1. The zero-order valence-corrected chi connectivity index (χ0v) is 9.37. The molecule has 0 unspecified atom stereocenters. The summed E-state index contributed by atoms with van der Waals surface area (Å²) in [5, 5.41) is 3.29. The zero-order chi connectivity index (χ0) is 11.2. The van der Waals surface area contributed by atoms with Crippen molar-refractivity contribution in [2.45, 2.75) is 19.3 Å². The van der Waals surface area contributed by atoms with Gasteiger partial charge in [-0.05, 0) is 31.5 Å². The van der Waals surface area contributed by atoms with Gasteiger partial charge >= 0.3 is 0 Å². The van der Waals surface area contributed by atoms with Crippen LogP contribution >= 0.6 is 0 Å². The maximum Gasteiger partial charge on any atom is 0.201 e. The van der Waals surface area contributed by atoms with Crippen LogP contribution in [0.3, 0.4) is 0 Å². The number of hydrogen-bond donors (Lipinski definition) is 3. The Morgan fingerprint density at radius 2 is 2.06 bits per heavy atom. The van der Waals surface area contributed by atoms with Crippen molar-refractivity contribution in [2.75, 3.05) is 18.4 Å². The third-order valence-electron chi connectivity index (χ3n) is 2.56. The first-order valence-corrected chi connectivity index (χ1v) is 5.79. The summed E-state index contributed by atoms with van der Waals surface area (Å²) in [6, 6.07) is 8.03. The van der Waals surface area contributed by atoms with Gasteiger partial charge in [-0.1, -0.05) is 18.6 Å². The number of para-hydroxylation sites is 2. The van der Waals surface area contributed by atoms with Crippen molar-refractivity contribution in [3.8, 4) is 0 Å². The lowest BCUT2D eigenvalue weighted by molar-refractivity contribution is 0.705. The lowest BCUT2D eigenvalue weighted by atomic mass is 10.2. The minimum absolute atomic E-state index is 0.782. The number of hydrogen-bond acceptors (Lipinski definition) is 3. The number of fused-ring (bicyclic) bond motifs is 1. The van der Waals surface area contributed by atoms with Crippen molar-refractivity contribution in [1.29, 1.82) is 0 Å². The number of aromatic nitrogens is 2. The number of imidazole rings is 1. The zero-order valence-electron chi connectivity index (χ0n) is 9.37. The fourth-order valence-corrected chi connectivity index (χ4v) is 1.69. The molecule has 0 saturated heterocycles. The number of nitrogens with one attached hydrogen (secondary N) is 2. The van der Waals surface area contributed by atoms with E-state index in [-0.39, 0.29) is 0 Å². The Hall–Kier alpha value is -1.55. The molecule has 0 amide bonds. The van der Waals surface area contributed by atoms with E-state index in [1.807, 2.05) is 24.3 Å². The first kappa shape index (κ1) is 11.0. The van der Waals surface area contributed by atoms with Gasteiger partial charge in [0.05, 0.1) is 11.0 Å². The van der Waals surface area contributed by atoms with Gasteiger partial charge in [-0.25, -0.2) is 4.98 Å². The number of rotatable bonds is 6. The smallest absolute Gasteiger partial charge is 0.201 e. The van der Waals surface area contributed by atoms with Crippen LogP contribution < -0.4 is 11.1 Å². The van der Waals surface area contributed by atoms with Crippen LogP contribution in [0.15, 0.2) is 24.3 Å². The third-order valence-corrected chi connectivity index (χ3v) is 2.56. The normalized spacial score (nSPS) is 10.8. The van der Waals surface area contributed by atoms with Gasteiger partial charge in [0.1, 0.15) is 0 Å². The summed E-state index contributed by atoms with van der Waals surface area (Å²) < 4.78 is 0. The quantitative estimate of drug-likeness (QED) is 0.650. The van der Waals surface area contributed by atoms with Crippen molar-refractivity contribution in [3.05, 3.63) is 24.3 Å². The van der Waals surface area contributed by atoms with E-state index in [9.17, 15) is 0 Å². The second-order valence-electron chi connectivity index (χ2n) is 3.88. The number of H-pyrrole nitrogens is 1. The molecular weight excluding hydrogens is 200 g/mol. The molecule has 1 heterocycles. The Morgan fingerprint density at radius 3 is 2.88 bits per heavy atom. The highest BCUT2D eigenvalue weighted by Crippen LogP contribution is 2.13. The second-order valence-corrected chi connectivity index (χ2v) is 3.88. The number of anilines is 1. The minimum atomic E-state index is 0.782. The summed E-state index contributed by atoms with van der Waals surface area (Å²) in [5.41, 5.74) is 7.52. The van der Waals surface area contributed by atoms with Gasteiger partial charge < -0.3 is 16.0 Å². The fraction of sp³-hybridized carbons (Fsp3) is 0.417. The van der Waals surface area contributed by atoms with Crippen molar-refractivity contribution in [3.63, 3.8) is 0 Å². The van der Waals surface area contributed by atoms with Gasteiger partial charge in [0.25, 0.3) is 0 Å². The average molecular weight is 218 g/mol. The monoisotopic (exact) mass is 218 g/mol. The van der Waals surface area contributed by atoms with E-state index in [0.29, 0.717) is 0 Å². The average Bonchev–Trinajstić information content (AvgIpc) is 2.71. The molecule has 0 spiro atoms. The fourth-order valence-electron chi connectivity index (χ4n) is 1.69. The number of unbranched alkanes of at least 4 members (excludes halogenated alkanes) is 2. The minimum Gasteiger partial charge on any atom is -0.356 e. The van der Waals surface area contributed by atoms with E-state index in [1.165, 1.54) is 6.42 Å². The Balaban J connectivity index is 1.85. The number of nitrogens with zero attached hydrogens (tertiary/aromatic N) is 1. The predicted octanol–water partition coefficient (Wildman–Crippen LogP) is 2.10. The molecule has 1 aromatic heterocycles. The Labute approximate surface area is 95.3 Å². The van der Waals surface area contributed by atoms with E-state index < -0.39 is 0 Å². The van der Waals surface area contributed by atoms with Crippen LogP contribution in [0.5, 0.6) is 0 Å². The van der Waals surface area contributed by atoms with Gasteiger partial charge in [0, 0.05) is 6.54 Å². The molecule has 4 nitrogen and oxygen atoms in total. The maximum absolute atomic E-state index is 5.43. The Morgan fingerprint density at radius 1 is 1.19 bits per heavy atom.